The largest absolute Gasteiger partial charge is 0.458 e. The molecule has 1 heterocycles. The highest BCUT2D eigenvalue weighted by Crippen LogP contribution is 2.13. The number of ether oxygens (including phenoxy) is 2. The van der Waals surface area contributed by atoms with Crippen LogP contribution in [0, 0.1) is 0 Å². The lowest BCUT2D eigenvalue weighted by molar-refractivity contribution is -0.140. The molecule has 5 nitrogen and oxygen atoms in total. The molecular formula is C23H31NO4. The standard InChI is InChI=1S/C8H13NO2.C8H8.C7H10O2/c1-3-7(10)8(2)6-9-4-5-11-8;1-2-8-6-4-3-5-7-8;1-3-5-6-9-7(8)4-2/h3,9H,1,4-6H2,2H3;2-7H,1H2;3-5H,2,6H2,1H3. The summed E-state index contributed by atoms with van der Waals surface area (Å²) in [6.45, 7) is 16.3. The van der Waals surface area contributed by atoms with Crippen molar-refractivity contribution in [1.29, 1.82) is 0 Å². The molecule has 1 aliphatic rings. The van der Waals surface area contributed by atoms with Crippen LogP contribution in [-0.2, 0) is 19.1 Å². The third kappa shape index (κ3) is 11.1. The molecule has 1 aliphatic heterocycles. The van der Waals surface area contributed by atoms with Crippen LogP contribution in [-0.4, -0.2) is 43.7 Å². The highest BCUT2D eigenvalue weighted by molar-refractivity contribution is 5.96. The zero-order valence-corrected chi connectivity index (χ0v) is 16.9. The first-order valence-corrected chi connectivity index (χ1v) is 9.02. The van der Waals surface area contributed by atoms with Gasteiger partial charge in [0.05, 0.1) is 6.61 Å². The van der Waals surface area contributed by atoms with Gasteiger partial charge in [-0.15, -0.1) is 0 Å². The van der Waals surface area contributed by atoms with Crippen LogP contribution in [0.5, 0.6) is 0 Å². The van der Waals surface area contributed by atoms with E-state index in [9.17, 15) is 9.59 Å². The number of nitrogens with one attached hydrogen (secondary N) is 1. The summed E-state index contributed by atoms with van der Waals surface area (Å²) in [6, 6.07) is 10.0. The Balaban J connectivity index is 0.000000396. The average Bonchev–Trinajstić information content (AvgIpc) is 2.75. The molecule has 1 N–H and O–H groups in total. The Bertz CT molecular complexity index is 644. The highest BCUT2D eigenvalue weighted by Gasteiger charge is 2.33. The van der Waals surface area contributed by atoms with E-state index >= 15 is 0 Å². The van der Waals surface area contributed by atoms with E-state index in [-0.39, 0.29) is 11.8 Å². The highest BCUT2D eigenvalue weighted by atomic mass is 16.5. The maximum Gasteiger partial charge on any atom is 0.330 e. The van der Waals surface area contributed by atoms with Crippen molar-refractivity contribution < 1.29 is 19.1 Å². The van der Waals surface area contributed by atoms with Crippen molar-refractivity contribution in [2.45, 2.75) is 19.4 Å². The first-order valence-electron chi connectivity index (χ1n) is 9.02. The summed E-state index contributed by atoms with van der Waals surface area (Å²) in [5.74, 6) is -0.433. The minimum atomic E-state index is -0.681. The van der Waals surface area contributed by atoms with E-state index in [1.165, 1.54) is 11.6 Å². The predicted octanol–water partition coefficient (Wildman–Crippen LogP) is 3.74. The molecule has 1 fully saturated rings. The summed E-state index contributed by atoms with van der Waals surface area (Å²) in [7, 11) is 0. The Morgan fingerprint density at radius 3 is 2.32 bits per heavy atom. The fraction of sp³-hybridized carbons (Fsp3) is 0.304. The predicted molar refractivity (Wildman–Crippen MR) is 115 cm³/mol. The van der Waals surface area contributed by atoms with Crippen LogP contribution in [0.15, 0.2) is 74.4 Å². The minimum absolute atomic E-state index is 0.0512. The molecule has 5 heteroatoms. The maximum atomic E-state index is 11.2. The van der Waals surface area contributed by atoms with Crippen LogP contribution < -0.4 is 5.32 Å². The Morgan fingerprint density at radius 2 is 1.89 bits per heavy atom. The van der Waals surface area contributed by atoms with Gasteiger partial charge in [0, 0.05) is 19.2 Å². The molecule has 0 saturated carbocycles. The second-order valence-electron chi connectivity index (χ2n) is 5.84. The lowest BCUT2D eigenvalue weighted by atomic mass is 9.99. The van der Waals surface area contributed by atoms with E-state index < -0.39 is 5.60 Å². The van der Waals surface area contributed by atoms with Crippen molar-refractivity contribution in [3.63, 3.8) is 0 Å². The summed E-state index contributed by atoms with van der Waals surface area (Å²) in [6.07, 6.45) is 7.86. The molecule has 1 unspecified atom stereocenters. The van der Waals surface area contributed by atoms with Gasteiger partial charge < -0.3 is 14.8 Å². The third-order valence-corrected chi connectivity index (χ3v) is 3.63. The number of hydrogen-bond acceptors (Lipinski definition) is 5. The zero-order chi connectivity index (χ0) is 21.3. The third-order valence-electron chi connectivity index (χ3n) is 3.63. The van der Waals surface area contributed by atoms with E-state index in [1.54, 1.807) is 13.0 Å². The normalized spacial score (nSPS) is 17.8. The Labute approximate surface area is 168 Å². The molecule has 0 bridgehead atoms. The molecular weight excluding hydrogens is 354 g/mol. The number of morpholine rings is 1. The second-order valence-corrected chi connectivity index (χ2v) is 5.84. The van der Waals surface area contributed by atoms with Gasteiger partial charge in [0.1, 0.15) is 12.2 Å². The van der Waals surface area contributed by atoms with Crippen LogP contribution in [0.2, 0.25) is 0 Å². The van der Waals surface area contributed by atoms with E-state index in [1.807, 2.05) is 49.4 Å². The lowest BCUT2D eigenvalue weighted by Gasteiger charge is -2.31. The molecule has 2 rings (SSSR count). The number of benzene rings is 1. The number of esters is 1. The Morgan fingerprint density at radius 1 is 1.21 bits per heavy atom. The number of rotatable bonds is 6. The SMILES string of the molecule is C=CC(=O)C1(C)CNCCO1.C=CC(=O)OCC=CC.C=Cc1ccccc1. The zero-order valence-electron chi connectivity index (χ0n) is 16.9. The van der Waals surface area contributed by atoms with Crippen molar-refractivity contribution >= 4 is 17.8 Å². The molecule has 152 valence electrons. The quantitative estimate of drug-likeness (QED) is 0.459. The molecule has 1 atom stereocenters. The summed E-state index contributed by atoms with van der Waals surface area (Å²) >= 11 is 0. The number of carbonyl (C=O) groups is 2. The van der Waals surface area contributed by atoms with Gasteiger partial charge in [0.2, 0.25) is 0 Å². The van der Waals surface area contributed by atoms with Crippen molar-refractivity contribution in [3.8, 4) is 0 Å². The molecule has 0 spiro atoms. The molecule has 28 heavy (non-hydrogen) atoms. The first-order chi connectivity index (χ1) is 13.4. The van der Waals surface area contributed by atoms with Gasteiger partial charge in [-0.1, -0.05) is 68.3 Å². The smallest absolute Gasteiger partial charge is 0.330 e. The first kappa shape index (κ1) is 25.2. The minimum Gasteiger partial charge on any atom is -0.458 e. The Kier molecular flexibility index (Phi) is 13.8. The van der Waals surface area contributed by atoms with Crippen LogP contribution >= 0.6 is 0 Å². The fourth-order valence-electron chi connectivity index (χ4n) is 1.98. The van der Waals surface area contributed by atoms with Crippen LogP contribution in [0.25, 0.3) is 6.08 Å². The summed E-state index contributed by atoms with van der Waals surface area (Å²) < 4.78 is 9.92. The number of ketones is 1. The van der Waals surface area contributed by atoms with E-state index in [4.69, 9.17) is 4.74 Å². The fourth-order valence-corrected chi connectivity index (χ4v) is 1.98. The summed E-state index contributed by atoms with van der Waals surface area (Å²) in [5.41, 5.74) is 0.493. The van der Waals surface area contributed by atoms with Gasteiger partial charge in [0.25, 0.3) is 0 Å². The number of carbonyl (C=O) groups excluding carboxylic acids is 2. The van der Waals surface area contributed by atoms with Gasteiger partial charge in [0.15, 0.2) is 5.78 Å². The van der Waals surface area contributed by atoms with E-state index in [2.05, 4.69) is 29.8 Å². The molecule has 0 amide bonds. The van der Waals surface area contributed by atoms with Crippen molar-refractivity contribution in [3.05, 3.63) is 79.9 Å². The van der Waals surface area contributed by atoms with Gasteiger partial charge in [-0.25, -0.2) is 4.79 Å². The van der Waals surface area contributed by atoms with Crippen LogP contribution in [0.1, 0.15) is 19.4 Å². The molecule has 0 aliphatic carbocycles. The van der Waals surface area contributed by atoms with Gasteiger partial charge in [-0.2, -0.15) is 0 Å². The average molecular weight is 386 g/mol. The van der Waals surface area contributed by atoms with Crippen LogP contribution in [0.3, 0.4) is 0 Å². The maximum absolute atomic E-state index is 11.2. The lowest BCUT2D eigenvalue weighted by Crippen LogP contribution is -2.52. The van der Waals surface area contributed by atoms with Crippen molar-refractivity contribution in [1.82, 2.24) is 5.32 Å². The van der Waals surface area contributed by atoms with Crippen molar-refractivity contribution in [2.75, 3.05) is 26.3 Å². The Hall–Kier alpha value is -2.76. The van der Waals surface area contributed by atoms with E-state index in [0.717, 1.165) is 12.6 Å². The van der Waals surface area contributed by atoms with Gasteiger partial charge >= 0.3 is 5.97 Å². The topological polar surface area (TPSA) is 64.6 Å². The summed E-state index contributed by atoms with van der Waals surface area (Å²) in [4.78, 5) is 21.5. The monoisotopic (exact) mass is 385 g/mol. The van der Waals surface area contributed by atoms with Crippen LogP contribution in [0.4, 0.5) is 0 Å². The van der Waals surface area contributed by atoms with E-state index in [0.29, 0.717) is 19.8 Å². The molecule has 1 saturated heterocycles. The number of allylic oxidation sites excluding steroid dienone is 1. The van der Waals surface area contributed by atoms with Gasteiger partial charge in [-0.05, 0) is 25.5 Å². The number of hydrogen-bond donors (Lipinski definition) is 1. The molecule has 0 radical (unpaired) electrons. The van der Waals surface area contributed by atoms with Gasteiger partial charge in [-0.3, -0.25) is 4.79 Å². The molecule has 1 aromatic carbocycles. The molecule has 1 aromatic rings. The molecule has 0 aromatic heterocycles. The van der Waals surface area contributed by atoms with Crippen molar-refractivity contribution in [2.24, 2.45) is 0 Å². The summed E-state index contributed by atoms with van der Waals surface area (Å²) in [5, 5.41) is 3.10. The second kappa shape index (κ2) is 15.3.